The van der Waals surface area contributed by atoms with Gasteiger partial charge in [-0.05, 0) is 24.9 Å². The molecule has 10 heteroatoms. The van der Waals surface area contributed by atoms with Crippen molar-refractivity contribution >= 4 is 15.9 Å². The molecule has 3 heterocycles. The number of likely N-dealkylation sites (N-methyl/N-ethyl adjacent to an activating group) is 1. The average molecular weight is 454 g/mol. The average Bonchev–Trinajstić information content (AvgIpc) is 3.20. The second-order valence-electron chi connectivity index (χ2n) is 8.75. The van der Waals surface area contributed by atoms with E-state index in [1.807, 2.05) is 20.9 Å². The number of nitrogens with zero attached hydrogens (tertiary/aromatic N) is 3. The van der Waals surface area contributed by atoms with Crippen molar-refractivity contribution in [1.82, 2.24) is 14.1 Å². The molecule has 4 rings (SSSR count). The SMILES string of the molecule is COc1c2c(c(S(=O)(=O)N3CCN(C(=O)CC(C)C)CC3)c3c1OCO3)CCN(C)C2. The van der Waals surface area contributed by atoms with E-state index >= 15 is 0 Å². The molecule has 1 aromatic rings. The molecule has 172 valence electrons. The molecule has 9 nitrogen and oxygen atoms in total. The van der Waals surface area contributed by atoms with Gasteiger partial charge in [-0.1, -0.05) is 13.8 Å². The van der Waals surface area contributed by atoms with Crippen LogP contribution in [0, 0.1) is 5.92 Å². The molecular weight excluding hydrogens is 422 g/mol. The minimum Gasteiger partial charge on any atom is -0.492 e. The zero-order valence-electron chi connectivity index (χ0n) is 18.6. The van der Waals surface area contributed by atoms with Gasteiger partial charge in [0.1, 0.15) is 4.90 Å². The topological polar surface area (TPSA) is 88.6 Å². The van der Waals surface area contributed by atoms with Gasteiger partial charge in [0, 0.05) is 51.3 Å². The number of carbonyl (C=O) groups excluding carboxylic acids is 1. The van der Waals surface area contributed by atoms with Gasteiger partial charge in [-0.25, -0.2) is 8.42 Å². The highest BCUT2D eigenvalue weighted by atomic mass is 32.2. The van der Waals surface area contributed by atoms with Gasteiger partial charge in [-0.2, -0.15) is 4.31 Å². The number of hydrogen-bond acceptors (Lipinski definition) is 7. The first-order chi connectivity index (χ1) is 14.7. The lowest BCUT2D eigenvalue weighted by Gasteiger charge is -2.36. The smallest absolute Gasteiger partial charge is 0.247 e. The van der Waals surface area contributed by atoms with E-state index < -0.39 is 10.0 Å². The molecule has 1 aromatic carbocycles. The summed E-state index contributed by atoms with van der Waals surface area (Å²) < 4.78 is 45.9. The Kier molecular flexibility index (Phi) is 6.06. The predicted molar refractivity (Wildman–Crippen MR) is 114 cm³/mol. The van der Waals surface area contributed by atoms with Crippen LogP contribution in [0.3, 0.4) is 0 Å². The van der Waals surface area contributed by atoms with Crippen molar-refractivity contribution in [1.29, 1.82) is 0 Å². The number of carbonyl (C=O) groups is 1. The summed E-state index contributed by atoms with van der Waals surface area (Å²) in [6.07, 6.45) is 1.06. The zero-order valence-corrected chi connectivity index (χ0v) is 19.5. The number of methoxy groups -OCH3 is 1. The highest BCUT2D eigenvalue weighted by Gasteiger charge is 2.41. The fourth-order valence-corrected chi connectivity index (χ4v) is 6.35. The molecule has 0 radical (unpaired) electrons. The summed E-state index contributed by atoms with van der Waals surface area (Å²) in [4.78, 5) is 16.5. The normalized spacial score (nSPS) is 19.6. The maximum absolute atomic E-state index is 13.8. The Hall–Kier alpha value is -2.04. The van der Waals surface area contributed by atoms with Gasteiger partial charge >= 0.3 is 0 Å². The fourth-order valence-electron chi connectivity index (χ4n) is 4.52. The molecule has 0 saturated carbocycles. The van der Waals surface area contributed by atoms with Gasteiger partial charge in [-0.15, -0.1) is 0 Å². The van der Waals surface area contributed by atoms with E-state index in [9.17, 15) is 13.2 Å². The minimum absolute atomic E-state index is 0.0373. The van der Waals surface area contributed by atoms with Gasteiger partial charge in [-0.3, -0.25) is 4.79 Å². The molecule has 1 saturated heterocycles. The predicted octanol–water partition coefficient (Wildman–Crippen LogP) is 1.29. The lowest BCUT2D eigenvalue weighted by molar-refractivity contribution is -0.133. The minimum atomic E-state index is -3.83. The van der Waals surface area contributed by atoms with Crippen LogP contribution in [0.5, 0.6) is 17.2 Å². The third kappa shape index (κ3) is 3.96. The Labute approximate surface area is 183 Å². The van der Waals surface area contributed by atoms with Gasteiger partial charge < -0.3 is 24.0 Å². The highest BCUT2D eigenvalue weighted by Crippen LogP contribution is 2.51. The number of rotatable bonds is 5. The van der Waals surface area contributed by atoms with Crippen molar-refractivity contribution < 1.29 is 27.4 Å². The van der Waals surface area contributed by atoms with Crippen LogP contribution < -0.4 is 14.2 Å². The first-order valence-corrected chi connectivity index (χ1v) is 12.2. The van der Waals surface area contributed by atoms with Crippen LogP contribution in [0.25, 0.3) is 0 Å². The Balaban J connectivity index is 1.68. The maximum atomic E-state index is 13.8. The summed E-state index contributed by atoms with van der Waals surface area (Å²) in [6.45, 7) is 6.62. The molecule has 3 aliphatic rings. The van der Waals surface area contributed by atoms with E-state index in [1.54, 1.807) is 12.0 Å². The monoisotopic (exact) mass is 453 g/mol. The van der Waals surface area contributed by atoms with E-state index in [1.165, 1.54) is 4.31 Å². The maximum Gasteiger partial charge on any atom is 0.247 e. The molecule has 0 bridgehead atoms. The quantitative estimate of drug-likeness (QED) is 0.664. The highest BCUT2D eigenvalue weighted by molar-refractivity contribution is 7.89. The molecule has 1 fully saturated rings. The van der Waals surface area contributed by atoms with E-state index in [4.69, 9.17) is 14.2 Å². The van der Waals surface area contributed by atoms with Gasteiger partial charge in [0.25, 0.3) is 0 Å². The van der Waals surface area contributed by atoms with Gasteiger partial charge in [0.15, 0.2) is 11.5 Å². The lowest BCUT2D eigenvalue weighted by Crippen LogP contribution is -2.50. The summed E-state index contributed by atoms with van der Waals surface area (Å²) in [7, 11) is -0.269. The first-order valence-electron chi connectivity index (χ1n) is 10.7. The number of hydrogen-bond donors (Lipinski definition) is 0. The Morgan fingerprint density at radius 1 is 1.06 bits per heavy atom. The number of ether oxygens (including phenoxy) is 3. The molecule has 0 N–H and O–H groups in total. The summed E-state index contributed by atoms with van der Waals surface area (Å²) >= 11 is 0. The summed E-state index contributed by atoms with van der Waals surface area (Å²) in [5.41, 5.74) is 1.59. The third-order valence-corrected chi connectivity index (χ3v) is 8.08. The molecule has 0 spiro atoms. The van der Waals surface area contributed by atoms with Crippen molar-refractivity contribution in [3.8, 4) is 17.2 Å². The van der Waals surface area contributed by atoms with Crippen molar-refractivity contribution in [2.75, 3.05) is 53.7 Å². The second kappa shape index (κ2) is 8.48. The fraction of sp³-hybridized carbons (Fsp3) is 0.667. The van der Waals surface area contributed by atoms with Crippen LogP contribution in [-0.4, -0.2) is 82.1 Å². The Morgan fingerprint density at radius 3 is 2.39 bits per heavy atom. The molecule has 0 unspecified atom stereocenters. The van der Waals surface area contributed by atoms with Crippen molar-refractivity contribution in [2.45, 2.75) is 38.1 Å². The van der Waals surface area contributed by atoms with E-state index in [0.717, 1.165) is 17.7 Å². The molecule has 0 aliphatic carbocycles. The van der Waals surface area contributed by atoms with Crippen LogP contribution in [0.4, 0.5) is 0 Å². The Bertz CT molecular complexity index is 970. The standard InChI is InChI=1S/C21H31N3O6S/c1-14(2)11-17(25)23-7-9-24(10-8-23)31(26,27)21-15-5-6-22(3)12-16(15)18(28-4)19-20(21)30-13-29-19/h14H,5-13H2,1-4H3. The van der Waals surface area contributed by atoms with Crippen LogP contribution in [0.2, 0.25) is 0 Å². The van der Waals surface area contributed by atoms with Crippen LogP contribution in [0.15, 0.2) is 4.90 Å². The van der Waals surface area contributed by atoms with Crippen LogP contribution in [0.1, 0.15) is 31.4 Å². The Morgan fingerprint density at radius 2 is 1.74 bits per heavy atom. The van der Waals surface area contributed by atoms with Gasteiger partial charge in [0.2, 0.25) is 28.5 Å². The number of amides is 1. The van der Waals surface area contributed by atoms with Crippen molar-refractivity contribution in [3.05, 3.63) is 11.1 Å². The molecule has 31 heavy (non-hydrogen) atoms. The lowest BCUT2D eigenvalue weighted by atomic mass is 9.97. The third-order valence-electron chi connectivity index (χ3n) is 6.09. The number of fused-ring (bicyclic) bond motifs is 2. The molecule has 3 aliphatic heterocycles. The largest absolute Gasteiger partial charge is 0.492 e. The van der Waals surface area contributed by atoms with Crippen LogP contribution >= 0.6 is 0 Å². The van der Waals surface area contributed by atoms with E-state index in [2.05, 4.69) is 4.90 Å². The van der Waals surface area contributed by atoms with E-state index in [0.29, 0.717) is 44.0 Å². The molecule has 0 atom stereocenters. The summed E-state index contributed by atoms with van der Waals surface area (Å²) in [5.74, 6) is 1.52. The number of sulfonamides is 1. The summed E-state index contributed by atoms with van der Waals surface area (Å²) in [5, 5.41) is 0. The first kappa shape index (κ1) is 22.2. The van der Waals surface area contributed by atoms with Crippen molar-refractivity contribution in [3.63, 3.8) is 0 Å². The number of benzene rings is 1. The summed E-state index contributed by atoms with van der Waals surface area (Å²) in [6, 6.07) is 0. The molecular formula is C21H31N3O6S. The van der Waals surface area contributed by atoms with E-state index in [-0.39, 0.29) is 42.4 Å². The van der Waals surface area contributed by atoms with Gasteiger partial charge in [0.05, 0.1) is 7.11 Å². The van der Waals surface area contributed by atoms with Crippen LogP contribution in [-0.2, 0) is 27.8 Å². The van der Waals surface area contributed by atoms with Crippen molar-refractivity contribution in [2.24, 2.45) is 5.92 Å². The second-order valence-corrected chi connectivity index (χ2v) is 10.6. The molecule has 0 aromatic heterocycles. The number of piperazine rings is 1. The molecule has 1 amide bonds. The zero-order chi connectivity index (χ0) is 22.3.